The molecule has 0 radical (unpaired) electrons. The summed E-state index contributed by atoms with van der Waals surface area (Å²) in [6.45, 7) is 7.45. The zero-order valence-electron chi connectivity index (χ0n) is 11.4. The molecule has 18 heavy (non-hydrogen) atoms. The van der Waals surface area contributed by atoms with E-state index in [1.54, 1.807) is 36.9 Å². The number of carbonyl (C=O) groups is 1. The SMILES string of the molecule is CC(C)C(=O)c1ccn(CCS(=O)(=O)C(C)C)c1. The number of nitrogens with zero attached hydrogens (tertiary/aromatic N) is 1. The van der Waals surface area contributed by atoms with Crippen LogP contribution in [0.4, 0.5) is 0 Å². The molecule has 0 spiro atoms. The van der Waals surface area contributed by atoms with Gasteiger partial charge in [-0.25, -0.2) is 8.42 Å². The van der Waals surface area contributed by atoms with Crippen molar-refractivity contribution in [2.45, 2.75) is 39.5 Å². The molecule has 0 saturated heterocycles. The number of hydrogen-bond donors (Lipinski definition) is 0. The third-order valence-corrected chi connectivity index (χ3v) is 5.10. The lowest BCUT2D eigenvalue weighted by atomic mass is 10.0. The molecule has 102 valence electrons. The molecule has 0 saturated carbocycles. The van der Waals surface area contributed by atoms with Crippen LogP contribution in [-0.4, -0.2) is 29.8 Å². The molecule has 0 aromatic carbocycles. The van der Waals surface area contributed by atoms with E-state index in [0.29, 0.717) is 12.1 Å². The first kappa shape index (κ1) is 15.0. The molecular weight excluding hydrogens is 250 g/mol. The van der Waals surface area contributed by atoms with Gasteiger partial charge in [-0.3, -0.25) is 4.79 Å². The smallest absolute Gasteiger partial charge is 0.166 e. The van der Waals surface area contributed by atoms with Crippen LogP contribution < -0.4 is 0 Å². The fourth-order valence-electron chi connectivity index (χ4n) is 1.53. The van der Waals surface area contributed by atoms with Crippen LogP contribution in [0.1, 0.15) is 38.1 Å². The minimum atomic E-state index is -3.03. The van der Waals surface area contributed by atoms with Gasteiger partial charge in [0.1, 0.15) is 0 Å². The van der Waals surface area contributed by atoms with Crippen molar-refractivity contribution in [2.24, 2.45) is 5.92 Å². The summed E-state index contributed by atoms with van der Waals surface area (Å²) in [5.41, 5.74) is 0.645. The third-order valence-electron chi connectivity index (χ3n) is 2.91. The Kier molecular flexibility index (Phi) is 4.73. The van der Waals surface area contributed by atoms with Crippen LogP contribution in [0.15, 0.2) is 18.5 Å². The molecule has 0 bridgehead atoms. The van der Waals surface area contributed by atoms with Crippen molar-refractivity contribution >= 4 is 15.6 Å². The highest BCUT2D eigenvalue weighted by atomic mass is 32.2. The third kappa shape index (κ3) is 3.70. The lowest BCUT2D eigenvalue weighted by Crippen LogP contribution is -2.20. The molecule has 0 amide bonds. The normalized spacial score (nSPS) is 12.3. The van der Waals surface area contributed by atoms with Gasteiger partial charge >= 0.3 is 0 Å². The van der Waals surface area contributed by atoms with Gasteiger partial charge in [-0.1, -0.05) is 13.8 Å². The highest BCUT2D eigenvalue weighted by Gasteiger charge is 2.16. The Morgan fingerprint density at radius 1 is 1.28 bits per heavy atom. The summed E-state index contributed by atoms with van der Waals surface area (Å²) in [6.07, 6.45) is 3.48. The van der Waals surface area contributed by atoms with E-state index in [-0.39, 0.29) is 22.7 Å². The predicted octanol–water partition coefficient (Wildman–Crippen LogP) is 2.15. The molecule has 4 nitrogen and oxygen atoms in total. The topological polar surface area (TPSA) is 56.1 Å². The Morgan fingerprint density at radius 3 is 2.39 bits per heavy atom. The maximum Gasteiger partial charge on any atom is 0.166 e. The Bertz CT molecular complexity index is 512. The van der Waals surface area contributed by atoms with E-state index < -0.39 is 9.84 Å². The lowest BCUT2D eigenvalue weighted by molar-refractivity contribution is 0.0939. The fraction of sp³-hybridized carbons (Fsp3) is 0.615. The van der Waals surface area contributed by atoms with Crippen molar-refractivity contribution in [3.05, 3.63) is 24.0 Å². The summed E-state index contributed by atoms with van der Waals surface area (Å²) < 4.78 is 25.1. The summed E-state index contributed by atoms with van der Waals surface area (Å²) in [7, 11) is -3.03. The summed E-state index contributed by atoms with van der Waals surface area (Å²) >= 11 is 0. The number of Topliss-reactive ketones (excluding diaryl/α,β-unsaturated/α-hetero) is 1. The summed E-state index contributed by atoms with van der Waals surface area (Å²) in [6, 6.07) is 1.74. The fourth-order valence-corrected chi connectivity index (χ4v) is 2.46. The van der Waals surface area contributed by atoms with Crippen molar-refractivity contribution < 1.29 is 13.2 Å². The van der Waals surface area contributed by atoms with Gasteiger partial charge in [-0.15, -0.1) is 0 Å². The second kappa shape index (κ2) is 5.69. The van der Waals surface area contributed by atoms with E-state index in [2.05, 4.69) is 0 Å². The van der Waals surface area contributed by atoms with Gasteiger partial charge in [0.05, 0.1) is 11.0 Å². The maximum absolute atomic E-state index is 11.7. The van der Waals surface area contributed by atoms with Gasteiger partial charge in [-0.05, 0) is 19.9 Å². The maximum atomic E-state index is 11.7. The highest BCUT2D eigenvalue weighted by Crippen LogP contribution is 2.10. The average Bonchev–Trinajstić information content (AvgIpc) is 2.73. The highest BCUT2D eigenvalue weighted by molar-refractivity contribution is 7.91. The van der Waals surface area contributed by atoms with E-state index in [0.717, 1.165) is 0 Å². The zero-order valence-corrected chi connectivity index (χ0v) is 12.2. The second-order valence-electron chi connectivity index (χ2n) is 5.07. The molecule has 5 heteroatoms. The van der Waals surface area contributed by atoms with Crippen molar-refractivity contribution in [1.82, 2.24) is 4.57 Å². The zero-order chi connectivity index (χ0) is 13.9. The molecular formula is C13H21NO3S. The van der Waals surface area contributed by atoms with E-state index in [1.807, 2.05) is 13.8 Å². The molecule has 0 unspecified atom stereocenters. The standard InChI is InChI=1S/C13H21NO3S/c1-10(2)13(15)12-5-6-14(9-12)7-8-18(16,17)11(3)4/h5-6,9-11H,7-8H2,1-4H3. The number of aryl methyl sites for hydroxylation is 1. The van der Waals surface area contributed by atoms with E-state index in [1.165, 1.54) is 0 Å². The van der Waals surface area contributed by atoms with Crippen LogP contribution >= 0.6 is 0 Å². The Labute approximate surface area is 109 Å². The Hall–Kier alpha value is -1.10. The van der Waals surface area contributed by atoms with Crippen molar-refractivity contribution in [3.63, 3.8) is 0 Å². The molecule has 0 aliphatic carbocycles. The number of sulfone groups is 1. The monoisotopic (exact) mass is 271 g/mol. The van der Waals surface area contributed by atoms with E-state index in [4.69, 9.17) is 0 Å². The first-order valence-electron chi connectivity index (χ1n) is 6.15. The van der Waals surface area contributed by atoms with Gasteiger partial charge < -0.3 is 4.57 Å². The van der Waals surface area contributed by atoms with Crippen LogP contribution in [0.2, 0.25) is 0 Å². The van der Waals surface area contributed by atoms with Gasteiger partial charge in [0.15, 0.2) is 15.6 Å². The molecule has 1 rings (SSSR count). The van der Waals surface area contributed by atoms with Gasteiger partial charge in [0, 0.05) is 30.4 Å². The number of ketones is 1. The minimum absolute atomic E-state index is 0.0414. The molecule has 1 aromatic rings. The number of carbonyl (C=O) groups excluding carboxylic acids is 1. The van der Waals surface area contributed by atoms with Gasteiger partial charge in [-0.2, -0.15) is 0 Å². The Morgan fingerprint density at radius 2 is 1.89 bits per heavy atom. The number of hydrogen-bond acceptors (Lipinski definition) is 3. The largest absolute Gasteiger partial charge is 0.352 e. The molecule has 0 aliphatic heterocycles. The Balaban J connectivity index is 2.69. The average molecular weight is 271 g/mol. The first-order chi connectivity index (χ1) is 8.24. The number of rotatable bonds is 6. The van der Waals surface area contributed by atoms with Crippen molar-refractivity contribution in [3.8, 4) is 0 Å². The summed E-state index contributed by atoms with van der Waals surface area (Å²) in [5.74, 6) is 0.148. The predicted molar refractivity (Wildman–Crippen MR) is 72.5 cm³/mol. The molecule has 0 fully saturated rings. The van der Waals surface area contributed by atoms with Crippen molar-refractivity contribution in [1.29, 1.82) is 0 Å². The molecule has 1 heterocycles. The summed E-state index contributed by atoms with van der Waals surface area (Å²) in [4.78, 5) is 11.7. The van der Waals surface area contributed by atoms with Crippen LogP contribution in [0.25, 0.3) is 0 Å². The first-order valence-corrected chi connectivity index (χ1v) is 7.87. The van der Waals surface area contributed by atoms with Crippen LogP contribution in [0.5, 0.6) is 0 Å². The molecule has 1 aromatic heterocycles. The van der Waals surface area contributed by atoms with Crippen LogP contribution in [-0.2, 0) is 16.4 Å². The quantitative estimate of drug-likeness (QED) is 0.745. The van der Waals surface area contributed by atoms with Crippen molar-refractivity contribution in [2.75, 3.05) is 5.75 Å². The van der Waals surface area contributed by atoms with Gasteiger partial charge in [0.2, 0.25) is 0 Å². The number of aromatic nitrogens is 1. The molecule has 0 N–H and O–H groups in total. The van der Waals surface area contributed by atoms with E-state index in [9.17, 15) is 13.2 Å². The second-order valence-corrected chi connectivity index (χ2v) is 7.75. The van der Waals surface area contributed by atoms with Crippen LogP contribution in [0, 0.1) is 5.92 Å². The van der Waals surface area contributed by atoms with E-state index >= 15 is 0 Å². The molecule has 0 atom stereocenters. The lowest BCUT2D eigenvalue weighted by Gasteiger charge is -2.08. The minimum Gasteiger partial charge on any atom is -0.352 e. The summed E-state index contributed by atoms with van der Waals surface area (Å²) in [5, 5.41) is -0.357. The van der Waals surface area contributed by atoms with Gasteiger partial charge in [0.25, 0.3) is 0 Å². The van der Waals surface area contributed by atoms with Crippen LogP contribution in [0.3, 0.4) is 0 Å². The molecule has 0 aliphatic rings.